The van der Waals surface area contributed by atoms with Crippen molar-refractivity contribution in [3.63, 3.8) is 0 Å². The maximum atomic E-state index is 12.5. The van der Waals surface area contributed by atoms with E-state index in [2.05, 4.69) is 20.7 Å². The molecule has 4 rings (SSSR count). The van der Waals surface area contributed by atoms with Gasteiger partial charge in [0.15, 0.2) is 11.5 Å². The molecule has 0 aliphatic heterocycles. The van der Waals surface area contributed by atoms with Gasteiger partial charge in [-0.1, -0.05) is 36.4 Å². The number of ether oxygens (including phenoxy) is 3. The van der Waals surface area contributed by atoms with Crippen LogP contribution in [0.1, 0.15) is 16.1 Å². The lowest BCUT2D eigenvalue weighted by Crippen LogP contribution is -2.18. The van der Waals surface area contributed by atoms with E-state index in [-0.39, 0.29) is 0 Å². The molecule has 162 valence electrons. The Balaban J connectivity index is 1.49. The van der Waals surface area contributed by atoms with Crippen LogP contribution < -0.4 is 19.6 Å². The molecule has 8 heteroatoms. The first-order valence-corrected chi connectivity index (χ1v) is 9.81. The maximum absolute atomic E-state index is 12.5. The summed E-state index contributed by atoms with van der Waals surface area (Å²) in [4.78, 5) is 12.5. The average molecular weight is 430 g/mol. The molecule has 8 nitrogen and oxygen atoms in total. The van der Waals surface area contributed by atoms with Gasteiger partial charge >= 0.3 is 0 Å². The van der Waals surface area contributed by atoms with E-state index in [4.69, 9.17) is 14.2 Å². The number of carbonyl (C=O) groups excluding carboxylic acids is 1. The lowest BCUT2D eigenvalue weighted by molar-refractivity contribution is 0.0950. The molecule has 0 fully saturated rings. The Bertz CT molecular complexity index is 1300. The van der Waals surface area contributed by atoms with E-state index < -0.39 is 5.91 Å². The summed E-state index contributed by atoms with van der Waals surface area (Å²) in [6, 6.07) is 19.3. The van der Waals surface area contributed by atoms with Crippen LogP contribution in [0.4, 0.5) is 0 Å². The molecule has 0 atom stereocenters. The number of methoxy groups -OCH3 is 3. The minimum Gasteiger partial charge on any atom is -0.493 e. The number of amides is 1. The molecule has 1 aromatic heterocycles. The topological polar surface area (TPSA) is 97.8 Å². The first-order valence-electron chi connectivity index (χ1n) is 9.81. The highest BCUT2D eigenvalue weighted by Gasteiger charge is 2.15. The van der Waals surface area contributed by atoms with Gasteiger partial charge in [-0.3, -0.25) is 9.89 Å². The standard InChI is InChI=1S/C24H22N4O4/c1-30-21-11-10-18(22(31-2)23(21)32-3)14-25-28-24(29)20-13-19(26-27-20)17-9-8-15-6-4-5-7-16(15)12-17/h4-14H,1-3H3,(H,26,27)(H,28,29)/b25-14-. The van der Waals surface area contributed by atoms with Crippen molar-refractivity contribution in [3.05, 3.63) is 71.9 Å². The molecule has 0 radical (unpaired) electrons. The van der Waals surface area contributed by atoms with Crippen molar-refractivity contribution in [2.45, 2.75) is 0 Å². The van der Waals surface area contributed by atoms with Gasteiger partial charge < -0.3 is 14.2 Å². The number of aromatic amines is 1. The zero-order chi connectivity index (χ0) is 22.5. The Kier molecular flexibility index (Phi) is 6.03. The van der Waals surface area contributed by atoms with Crippen LogP contribution in [-0.4, -0.2) is 43.6 Å². The molecule has 32 heavy (non-hydrogen) atoms. The van der Waals surface area contributed by atoms with Crippen LogP contribution in [0, 0.1) is 0 Å². The zero-order valence-corrected chi connectivity index (χ0v) is 17.9. The normalized spacial score (nSPS) is 11.0. The number of nitrogens with zero attached hydrogens (tertiary/aromatic N) is 2. The molecule has 1 amide bonds. The highest BCUT2D eigenvalue weighted by Crippen LogP contribution is 2.39. The first kappa shape index (κ1) is 20.9. The molecule has 0 aliphatic carbocycles. The van der Waals surface area contributed by atoms with Crippen molar-refractivity contribution in [1.29, 1.82) is 0 Å². The summed E-state index contributed by atoms with van der Waals surface area (Å²) >= 11 is 0. The Hall–Kier alpha value is -4.33. The van der Waals surface area contributed by atoms with Crippen molar-refractivity contribution in [1.82, 2.24) is 15.6 Å². The van der Waals surface area contributed by atoms with E-state index in [0.29, 0.717) is 34.2 Å². The highest BCUT2D eigenvalue weighted by molar-refractivity contribution is 5.95. The zero-order valence-electron chi connectivity index (χ0n) is 17.9. The first-order chi connectivity index (χ1) is 15.6. The number of benzene rings is 3. The molecule has 0 bridgehead atoms. The lowest BCUT2D eigenvalue weighted by atomic mass is 10.1. The third-order valence-electron chi connectivity index (χ3n) is 4.97. The largest absolute Gasteiger partial charge is 0.493 e. The van der Waals surface area contributed by atoms with E-state index >= 15 is 0 Å². The molecule has 2 N–H and O–H groups in total. The number of aromatic nitrogens is 2. The van der Waals surface area contributed by atoms with Crippen LogP contribution in [-0.2, 0) is 0 Å². The van der Waals surface area contributed by atoms with Gasteiger partial charge in [-0.15, -0.1) is 0 Å². The number of nitrogens with one attached hydrogen (secondary N) is 2. The van der Waals surface area contributed by atoms with E-state index in [9.17, 15) is 4.79 Å². The van der Waals surface area contributed by atoms with Crippen molar-refractivity contribution in [2.75, 3.05) is 21.3 Å². The van der Waals surface area contributed by atoms with Gasteiger partial charge in [0.25, 0.3) is 5.91 Å². The molecule has 0 aliphatic rings. The van der Waals surface area contributed by atoms with Crippen molar-refractivity contribution in [2.24, 2.45) is 5.10 Å². The quantitative estimate of drug-likeness (QED) is 0.341. The van der Waals surface area contributed by atoms with Crippen LogP contribution in [0.3, 0.4) is 0 Å². The van der Waals surface area contributed by atoms with Gasteiger partial charge in [0.2, 0.25) is 5.75 Å². The Morgan fingerprint density at radius 2 is 1.72 bits per heavy atom. The number of hydrazone groups is 1. The second-order valence-electron chi connectivity index (χ2n) is 6.85. The van der Waals surface area contributed by atoms with E-state index in [0.717, 1.165) is 16.3 Å². The summed E-state index contributed by atoms with van der Waals surface area (Å²) in [6.45, 7) is 0. The van der Waals surface area contributed by atoms with Gasteiger partial charge in [-0.25, -0.2) is 5.43 Å². The fourth-order valence-electron chi connectivity index (χ4n) is 3.38. The lowest BCUT2D eigenvalue weighted by Gasteiger charge is -2.13. The number of H-pyrrole nitrogens is 1. The molecule has 3 aromatic carbocycles. The molecular weight excluding hydrogens is 408 g/mol. The second kappa shape index (κ2) is 9.22. The third kappa shape index (κ3) is 4.11. The smallest absolute Gasteiger partial charge is 0.289 e. The maximum Gasteiger partial charge on any atom is 0.289 e. The van der Waals surface area contributed by atoms with Crippen LogP contribution in [0.25, 0.3) is 22.0 Å². The van der Waals surface area contributed by atoms with Crippen LogP contribution in [0.15, 0.2) is 65.8 Å². The summed E-state index contributed by atoms with van der Waals surface area (Å²) < 4.78 is 16.0. The summed E-state index contributed by atoms with van der Waals surface area (Å²) in [7, 11) is 4.59. The Morgan fingerprint density at radius 1 is 0.938 bits per heavy atom. The summed E-state index contributed by atoms with van der Waals surface area (Å²) in [5.74, 6) is 1.01. The number of fused-ring (bicyclic) bond motifs is 1. The molecule has 1 heterocycles. The van der Waals surface area contributed by atoms with E-state index in [1.54, 1.807) is 25.3 Å². The Morgan fingerprint density at radius 3 is 2.47 bits per heavy atom. The van der Waals surface area contributed by atoms with Gasteiger partial charge in [0.1, 0.15) is 5.69 Å². The molecule has 4 aromatic rings. The summed E-state index contributed by atoms with van der Waals surface area (Å²) in [5.41, 5.74) is 4.99. The fourth-order valence-corrected chi connectivity index (χ4v) is 3.38. The SMILES string of the molecule is COc1ccc(/C=N\NC(=O)c2cc(-c3ccc4ccccc4c3)n[nH]2)c(OC)c1OC. The van der Waals surface area contributed by atoms with E-state index in [1.807, 2.05) is 42.5 Å². The summed E-state index contributed by atoms with van der Waals surface area (Å²) in [5, 5.41) is 13.3. The molecule has 0 unspecified atom stereocenters. The number of hydrogen-bond acceptors (Lipinski definition) is 6. The third-order valence-corrected chi connectivity index (χ3v) is 4.97. The number of hydrogen-bond donors (Lipinski definition) is 2. The number of carbonyl (C=O) groups is 1. The minimum atomic E-state index is -0.416. The second-order valence-corrected chi connectivity index (χ2v) is 6.85. The molecular formula is C24H22N4O4. The van der Waals surface area contributed by atoms with Crippen LogP contribution in [0.2, 0.25) is 0 Å². The van der Waals surface area contributed by atoms with E-state index in [1.165, 1.54) is 20.4 Å². The Labute approximate surface area is 184 Å². The van der Waals surface area contributed by atoms with Crippen molar-refractivity contribution in [3.8, 4) is 28.5 Å². The number of rotatable bonds is 7. The van der Waals surface area contributed by atoms with Crippen LogP contribution in [0.5, 0.6) is 17.2 Å². The highest BCUT2D eigenvalue weighted by atomic mass is 16.5. The predicted octanol–water partition coefficient (Wildman–Crippen LogP) is 4.02. The molecule has 0 saturated heterocycles. The molecule has 0 saturated carbocycles. The molecule has 0 spiro atoms. The van der Waals surface area contributed by atoms with Gasteiger partial charge in [0, 0.05) is 11.1 Å². The van der Waals surface area contributed by atoms with Gasteiger partial charge in [-0.2, -0.15) is 10.2 Å². The summed E-state index contributed by atoms with van der Waals surface area (Å²) in [6.07, 6.45) is 1.47. The predicted molar refractivity (Wildman–Crippen MR) is 123 cm³/mol. The fraction of sp³-hybridized carbons (Fsp3) is 0.125. The minimum absolute atomic E-state index is 0.296. The van der Waals surface area contributed by atoms with Crippen molar-refractivity contribution >= 4 is 22.9 Å². The van der Waals surface area contributed by atoms with Gasteiger partial charge in [0.05, 0.1) is 33.2 Å². The average Bonchev–Trinajstić information content (AvgIpc) is 3.33. The van der Waals surface area contributed by atoms with Crippen LogP contribution >= 0.6 is 0 Å². The van der Waals surface area contributed by atoms with Gasteiger partial charge in [-0.05, 0) is 35.0 Å². The van der Waals surface area contributed by atoms with Crippen molar-refractivity contribution < 1.29 is 19.0 Å². The monoisotopic (exact) mass is 430 g/mol.